The first-order valence-electron chi connectivity index (χ1n) is 8.23. The Labute approximate surface area is 119 Å². The van der Waals surface area contributed by atoms with Crippen LogP contribution in [0.5, 0.6) is 0 Å². The van der Waals surface area contributed by atoms with Gasteiger partial charge in [0, 0.05) is 12.0 Å². The molecule has 1 aliphatic carbocycles. The molecule has 2 rings (SSSR count). The van der Waals surface area contributed by atoms with Crippen molar-refractivity contribution < 1.29 is 4.74 Å². The van der Waals surface area contributed by atoms with Crippen LogP contribution in [0.3, 0.4) is 0 Å². The third-order valence-corrected chi connectivity index (χ3v) is 5.04. The highest BCUT2D eigenvalue weighted by atomic mass is 16.5. The number of ether oxygens (including phenoxy) is 1. The fraction of sp³-hybridized carbons (Fsp3) is 0.882. The van der Waals surface area contributed by atoms with E-state index in [0.29, 0.717) is 30.1 Å². The Morgan fingerprint density at radius 3 is 2.58 bits per heavy atom. The van der Waals surface area contributed by atoms with Gasteiger partial charge < -0.3 is 10.1 Å². The maximum Gasteiger partial charge on any atom is 0.0600 e. The summed E-state index contributed by atoms with van der Waals surface area (Å²) in [6.07, 6.45) is 9.76. The molecule has 0 amide bonds. The molecule has 19 heavy (non-hydrogen) atoms. The van der Waals surface area contributed by atoms with Crippen molar-refractivity contribution in [2.24, 2.45) is 11.8 Å². The van der Waals surface area contributed by atoms with Crippen LogP contribution in [0.15, 0.2) is 11.6 Å². The number of allylic oxidation sites excluding steroid dienone is 1. The molecular weight excluding hydrogens is 234 g/mol. The molecule has 0 bridgehead atoms. The van der Waals surface area contributed by atoms with Crippen LogP contribution in [0.1, 0.15) is 59.8 Å². The SMILES string of the molecule is CCCNC(C1=CCCCC1)C1C(C)OC(C)C1C. The Balaban J connectivity index is 2.14. The predicted octanol–water partition coefficient (Wildman–Crippen LogP) is 3.91. The van der Waals surface area contributed by atoms with E-state index in [9.17, 15) is 0 Å². The first-order valence-corrected chi connectivity index (χ1v) is 8.23. The lowest BCUT2D eigenvalue weighted by molar-refractivity contribution is 0.0487. The predicted molar refractivity (Wildman–Crippen MR) is 81.3 cm³/mol. The standard InChI is InChI=1S/C17H31NO/c1-5-11-18-17(15-9-7-6-8-10-15)16-12(2)13(3)19-14(16)4/h9,12-14,16-18H,5-8,10-11H2,1-4H3. The first-order chi connectivity index (χ1) is 9.15. The summed E-state index contributed by atoms with van der Waals surface area (Å²) in [5.74, 6) is 1.28. The quantitative estimate of drug-likeness (QED) is 0.761. The van der Waals surface area contributed by atoms with Crippen LogP contribution in [0, 0.1) is 11.8 Å². The molecule has 2 nitrogen and oxygen atoms in total. The molecule has 2 heteroatoms. The summed E-state index contributed by atoms with van der Waals surface area (Å²) in [5.41, 5.74) is 1.65. The molecule has 1 heterocycles. The van der Waals surface area contributed by atoms with Gasteiger partial charge in [-0.2, -0.15) is 0 Å². The van der Waals surface area contributed by atoms with Crippen molar-refractivity contribution in [2.75, 3.05) is 6.54 Å². The van der Waals surface area contributed by atoms with Crippen LogP contribution < -0.4 is 5.32 Å². The lowest BCUT2D eigenvalue weighted by atomic mass is 9.77. The second kappa shape index (κ2) is 6.90. The number of rotatable bonds is 5. The Kier molecular flexibility index (Phi) is 5.47. The van der Waals surface area contributed by atoms with E-state index < -0.39 is 0 Å². The van der Waals surface area contributed by atoms with Crippen LogP contribution in [0.25, 0.3) is 0 Å². The highest BCUT2D eigenvalue weighted by Crippen LogP contribution is 2.38. The van der Waals surface area contributed by atoms with E-state index in [1.165, 1.54) is 32.1 Å². The van der Waals surface area contributed by atoms with Crippen molar-refractivity contribution in [3.05, 3.63) is 11.6 Å². The zero-order chi connectivity index (χ0) is 13.8. The third kappa shape index (κ3) is 3.41. The molecular formula is C17H31NO. The lowest BCUT2D eigenvalue weighted by Gasteiger charge is -2.33. The summed E-state index contributed by atoms with van der Waals surface area (Å²) in [6.45, 7) is 10.2. The van der Waals surface area contributed by atoms with Gasteiger partial charge in [0.15, 0.2) is 0 Å². The topological polar surface area (TPSA) is 21.3 Å². The average Bonchev–Trinajstić information content (AvgIpc) is 2.67. The molecule has 0 saturated carbocycles. The number of hydrogen-bond donors (Lipinski definition) is 1. The second-order valence-electron chi connectivity index (χ2n) is 6.44. The summed E-state index contributed by atoms with van der Waals surface area (Å²) < 4.78 is 6.07. The molecule has 1 fully saturated rings. The minimum absolute atomic E-state index is 0.377. The summed E-state index contributed by atoms with van der Waals surface area (Å²) in [7, 11) is 0. The van der Waals surface area contributed by atoms with E-state index >= 15 is 0 Å². The summed E-state index contributed by atoms with van der Waals surface area (Å²) >= 11 is 0. The number of hydrogen-bond acceptors (Lipinski definition) is 2. The molecule has 110 valence electrons. The van der Waals surface area contributed by atoms with E-state index in [-0.39, 0.29) is 0 Å². The van der Waals surface area contributed by atoms with Gasteiger partial charge in [0.25, 0.3) is 0 Å². The van der Waals surface area contributed by atoms with E-state index in [0.717, 1.165) is 6.54 Å². The molecule has 0 aromatic heterocycles. The normalized spacial score (nSPS) is 37.2. The summed E-state index contributed by atoms with van der Waals surface area (Å²) in [5, 5.41) is 3.81. The molecule has 0 radical (unpaired) electrons. The molecule has 5 unspecified atom stereocenters. The van der Waals surface area contributed by atoms with E-state index in [1.807, 2.05) is 0 Å². The molecule has 0 spiro atoms. The van der Waals surface area contributed by atoms with Gasteiger partial charge in [0.2, 0.25) is 0 Å². The van der Waals surface area contributed by atoms with Gasteiger partial charge in [0.1, 0.15) is 0 Å². The fourth-order valence-electron chi connectivity index (χ4n) is 3.83. The monoisotopic (exact) mass is 265 g/mol. The Morgan fingerprint density at radius 2 is 2.05 bits per heavy atom. The Bertz CT molecular complexity index is 312. The van der Waals surface area contributed by atoms with Gasteiger partial charge in [-0.15, -0.1) is 0 Å². The van der Waals surface area contributed by atoms with Crippen LogP contribution in [-0.4, -0.2) is 24.8 Å². The molecule has 1 N–H and O–H groups in total. The molecule has 5 atom stereocenters. The Hall–Kier alpha value is -0.340. The van der Waals surface area contributed by atoms with Gasteiger partial charge >= 0.3 is 0 Å². The van der Waals surface area contributed by atoms with Crippen molar-refractivity contribution in [2.45, 2.75) is 78.0 Å². The van der Waals surface area contributed by atoms with Crippen molar-refractivity contribution >= 4 is 0 Å². The van der Waals surface area contributed by atoms with E-state index in [4.69, 9.17) is 4.74 Å². The highest BCUT2D eigenvalue weighted by Gasteiger charge is 2.42. The zero-order valence-electron chi connectivity index (χ0n) is 13.1. The van der Waals surface area contributed by atoms with Crippen molar-refractivity contribution in [1.29, 1.82) is 0 Å². The minimum atomic E-state index is 0.377. The molecule has 1 aliphatic heterocycles. The lowest BCUT2D eigenvalue weighted by Crippen LogP contribution is -2.44. The number of nitrogens with one attached hydrogen (secondary N) is 1. The van der Waals surface area contributed by atoms with Crippen LogP contribution in [-0.2, 0) is 4.74 Å². The van der Waals surface area contributed by atoms with Crippen molar-refractivity contribution in [3.8, 4) is 0 Å². The van der Waals surface area contributed by atoms with Crippen molar-refractivity contribution in [3.63, 3.8) is 0 Å². The van der Waals surface area contributed by atoms with Crippen LogP contribution >= 0.6 is 0 Å². The maximum atomic E-state index is 6.07. The van der Waals surface area contributed by atoms with Crippen LogP contribution in [0.4, 0.5) is 0 Å². The second-order valence-corrected chi connectivity index (χ2v) is 6.44. The van der Waals surface area contributed by atoms with Gasteiger partial charge in [0.05, 0.1) is 12.2 Å². The minimum Gasteiger partial charge on any atom is -0.375 e. The van der Waals surface area contributed by atoms with Crippen LogP contribution in [0.2, 0.25) is 0 Å². The maximum absolute atomic E-state index is 6.07. The third-order valence-electron chi connectivity index (χ3n) is 5.04. The van der Waals surface area contributed by atoms with Gasteiger partial charge in [-0.3, -0.25) is 0 Å². The van der Waals surface area contributed by atoms with Gasteiger partial charge in [-0.25, -0.2) is 0 Å². The Morgan fingerprint density at radius 1 is 1.26 bits per heavy atom. The van der Waals surface area contributed by atoms with Gasteiger partial charge in [-0.1, -0.05) is 25.5 Å². The largest absolute Gasteiger partial charge is 0.375 e. The van der Waals surface area contributed by atoms with Gasteiger partial charge in [-0.05, 0) is 58.4 Å². The smallest absolute Gasteiger partial charge is 0.0600 e. The molecule has 0 aromatic carbocycles. The summed E-state index contributed by atoms with van der Waals surface area (Å²) in [4.78, 5) is 0. The fourth-order valence-corrected chi connectivity index (χ4v) is 3.83. The highest BCUT2D eigenvalue weighted by molar-refractivity contribution is 5.17. The van der Waals surface area contributed by atoms with Crippen molar-refractivity contribution in [1.82, 2.24) is 5.32 Å². The zero-order valence-corrected chi connectivity index (χ0v) is 13.1. The first kappa shape index (κ1) is 15.1. The van der Waals surface area contributed by atoms with E-state index in [2.05, 4.69) is 39.1 Å². The average molecular weight is 265 g/mol. The molecule has 2 aliphatic rings. The van der Waals surface area contributed by atoms with E-state index in [1.54, 1.807) is 5.57 Å². The summed E-state index contributed by atoms with van der Waals surface area (Å²) in [6, 6.07) is 0.537. The molecule has 0 aromatic rings. The molecule has 1 saturated heterocycles.